The number of nitrogens with zero attached hydrogens (tertiary/aromatic N) is 6. The molecule has 35 heavy (non-hydrogen) atoms. The highest BCUT2D eigenvalue weighted by Crippen LogP contribution is 2.33. The molecule has 0 radical (unpaired) electrons. The van der Waals surface area contributed by atoms with E-state index in [2.05, 4.69) is 23.6 Å². The smallest absolute Gasteiger partial charge is 0.179 e. The highest BCUT2D eigenvalue weighted by Gasteiger charge is 2.36. The van der Waals surface area contributed by atoms with Gasteiger partial charge in [-0.1, -0.05) is 36.2 Å². The van der Waals surface area contributed by atoms with Crippen LogP contribution in [0.3, 0.4) is 0 Å². The number of piperidine rings is 1. The third-order valence-electron chi connectivity index (χ3n) is 7.58. The summed E-state index contributed by atoms with van der Waals surface area (Å²) in [5, 5.41) is 15.8. The Balaban J connectivity index is 0.00000289. The number of rotatable bonds is 5. The maximum absolute atomic E-state index is 9.78. The molecule has 1 unspecified atom stereocenters. The molecule has 10 heteroatoms. The molecule has 0 amide bonds. The fourth-order valence-electron chi connectivity index (χ4n) is 5.76. The van der Waals surface area contributed by atoms with Crippen LogP contribution in [0.15, 0.2) is 24.4 Å². The van der Waals surface area contributed by atoms with E-state index in [0.717, 1.165) is 60.7 Å². The fourth-order valence-corrected chi connectivity index (χ4v) is 6.33. The number of anilines is 1. The Kier molecular flexibility index (Phi) is 8.13. The maximum atomic E-state index is 9.78. The largest absolute Gasteiger partial charge is 0.395 e. The van der Waals surface area contributed by atoms with Crippen molar-refractivity contribution in [1.29, 1.82) is 0 Å². The first-order chi connectivity index (χ1) is 16.4. The number of fused-ring (bicyclic) bond motifs is 1. The first-order valence-corrected chi connectivity index (χ1v) is 12.9. The second-order valence-electron chi connectivity index (χ2n) is 9.77. The monoisotopic (exact) mass is 538 g/mol. The van der Waals surface area contributed by atoms with Crippen LogP contribution in [-0.4, -0.2) is 68.1 Å². The number of aliphatic hydroxyl groups is 1. The van der Waals surface area contributed by atoms with Crippen molar-refractivity contribution in [2.24, 2.45) is 5.92 Å². The lowest BCUT2D eigenvalue weighted by Crippen LogP contribution is -2.52. The summed E-state index contributed by atoms with van der Waals surface area (Å²) in [5.41, 5.74) is 3.37. The van der Waals surface area contributed by atoms with Gasteiger partial charge in [0.05, 0.1) is 24.5 Å². The first kappa shape index (κ1) is 26.4. The van der Waals surface area contributed by atoms with Crippen LogP contribution in [0.4, 0.5) is 5.82 Å². The van der Waals surface area contributed by atoms with Crippen LogP contribution in [-0.2, 0) is 0 Å². The Morgan fingerprint density at radius 2 is 2.00 bits per heavy atom. The van der Waals surface area contributed by atoms with Gasteiger partial charge >= 0.3 is 0 Å². The molecule has 2 aliphatic rings. The van der Waals surface area contributed by atoms with Gasteiger partial charge in [0.2, 0.25) is 0 Å². The van der Waals surface area contributed by atoms with Crippen LogP contribution in [0.2, 0.25) is 10.0 Å². The van der Waals surface area contributed by atoms with Crippen molar-refractivity contribution in [1.82, 2.24) is 24.6 Å². The molecule has 1 N–H and O–H groups in total. The van der Waals surface area contributed by atoms with Gasteiger partial charge in [0.1, 0.15) is 11.3 Å². The molecule has 3 aromatic rings. The molecule has 4 heterocycles. The lowest BCUT2D eigenvalue weighted by atomic mass is 9.92. The molecular weight excluding hydrogens is 507 g/mol. The molecule has 7 nitrogen and oxygen atoms in total. The Labute approximate surface area is 222 Å². The zero-order valence-electron chi connectivity index (χ0n) is 20.4. The van der Waals surface area contributed by atoms with Crippen LogP contribution in [0.25, 0.3) is 11.2 Å². The number of aryl methyl sites for hydroxylation is 1. The third kappa shape index (κ3) is 4.98. The quantitative estimate of drug-likeness (QED) is 0.484. The van der Waals surface area contributed by atoms with Gasteiger partial charge in [-0.3, -0.25) is 4.90 Å². The zero-order valence-corrected chi connectivity index (χ0v) is 22.7. The van der Waals surface area contributed by atoms with E-state index in [9.17, 15) is 5.11 Å². The molecule has 0 aliphatic carbocycles. The number of hydrogen-bond donors (Lipinski definition) is 1. The molecule has 5 rings (SSSR count). The predicted octanol–water partition coefficient (Wildman–Crippen LogP) is 5.14. The van der Waals surface area contributed by atoms with E-state index in [1.807, 2.05) is 29.9 Å². The van der Waals surface area contributed by atoms with Gasteiger partial charge in [-0.2, -0.15) is 5.10 Å². The maximum Gasteiger partial charge on any atom is 0.179 e. The van der Waals surface area contributed by atoms with Crippen molar-refractivity contribution in [3.63, 3.8) is 0 Å². The summed E-state index contributed by atoms with van der Waals surface area (Å²) in [6.07, 6.45) is 5.22. The highest BCUT2D eigenvalue weighted by atomic mass is 35.5. The highest BCUT2D eigenvalue weighted by molar-refractivity contribution is 6.35. The molecular formula is C25H33Cl3N6O. The molecule has 2 saturated heterocycles. The fraction of sp³-hybridized carbons (Fsp3) is 0.560. The summed E-state index contributed by atoms with van der Waals surface area (Å²) in [6.45, 7) is 9.54. The second-order valence-corrected chi connectivity index (χ2v) is 10.6. The molecule has 2 aromatic heterocycles. The molecule has 2 fully saturated rings. The average molecular weight is 540 g/mol. The normalized spacial score (nSPS) is 24.1. The van der Waals surface area contributed by atoms with Crippen LogP contribution in [0.1, 0.15) is 50.4 Å². The van der Waals surface area contributed by atoms with Crippen LogP contribution < -0.4 is 4.90 Å². The molecule has 0 bridgehead atoms. The summed E-state index contributed by atoms with van der Waals surface area (Å²) < 4.78 is 1.92. The minimum atomic E-state index is -0.110. The summed E-state index contributed by atoms with van der Waals surface area (Å²) in [7, 11) is 0. The average Bonchev–Trinajstić information content (AvgIpc) is 3.42. The van der Waals surface area contributed by atoms with Crippen molar-refractivity contribution < 1.29 is 5.11 Å². The molecule has 0 saturated carbocycles. The Morgan fingerprint density at radius 1 is 1.20 bits per heavy atom. The SMILES string of the molecule is Cc1nn(C(C)c2ccc(Cl)cc2Cl)c2nc(N3CC[C@H](N4CCC[C@H]4CO)[C@H](C)C3)cnc12.Cl. The van der Waals surface area contributed by atoms with Crippen LogP contribution >= 0.6 is 35.6 Å². The summed E-state index contributed by atoms with van der Waals surface area (Å²) >= 11 is 12.6. The van der Waals surface area contributed by atoms with Crippen molar-refractivity contribution in [3.8, 4) is 0 Å². The number of aromatic nitrogens is 4. The van der Waals surface area contributed by atoms with E-state index in [0.29, 0.717) is 28.0 Å². The minimum absolute atomic E-state index is 0. The second kappa shape index (κ2) is 10.8. The molecule has 1 aromatic carbocycles. The van der Waals surface area contributed by atoms with E-state index in [-0.39, 0.29) is 25.1 Å². The van der Waals surface area contributed by atoms with Crippen molar-refractivity contribution in [3.05, 3.63) is 45.7 Å². The molecule has 4 atom stereocenters. The van der Waals surface area contributed by atoms with Gasteiger partial charge < -0.3 is 10.0 Å². The third-order valence-corrected chi connectivity index (χ3v) is 8.14. The van der Waals surface area contributed by atoms with E-state index < -0.39 is 0 Å². The van der Waals surface area contributed by atoms with Gasteiger partial charge in [-0.05, 0) is 63.3 Å². The summed E-state index contributed by atoms with van der Waals surface area (Å²) in [4.78, 5) is 14.7. The lowest BCUT2D eigenvalue weighted by molar-refractivity contribution is 0.0800. The zero-order chi connectivity index (χ0) is 24.0. The van der Waals surface area contributed by atoms with Gasteiger partial charge in [0.15, 0.2) is 5.65 Å². The van der Waals surface area contributed by atoms with Gasteiger partial charge in [0, 0.05) is 35.2 Å². The molecule has 2 aliphatic heterocycles. The number of aliphatic hydroxyl groups excluding tert-OH is 1. The van der Waals surface area contributed by atoms with Crippen LogP contribution in [0.5, 0.6) is 0 Å². The Morgan fingerprint density at radius 3 is 2.71 bits per heavy atom. The first-order valence-electron chi connectivity index (χ1n) is 12.2. The Hall–Kier alpha value is -1.64. The summed E-state index contributed by atoms with van der Waals surface area (Å²) in [5.74, 6) is 1.37. The predicted molar refractivity (Wildman–Crippen MR) is 144 cm³/mol. The van der Waals surface area contributed by atoms with Gasteiger partial charge in [0.25, 0.3) is 0 Å². The Bertz CT molecular complexity index is 1190. The number of hydrogen-bond acceptors (Lipinski definition) is 6. The van der Waals surface area contributed by atoms with E-state index >= 15 is 0 Å². The minimum Gasteiger partial charge on any atom is -0.395 e. The van der Waals surface area contributed by atoms with E-state index in [1.54, 1.807) is 6.07 Å². The van der Waals surface area contributed by atoms with Crippen molar-refractivity contribution in [2.45, 2.75) is 58.2 Å². The lowest BCUT2D eigenvalue weighted by Gasteiger charge is -2.43. The molecule has 190 valence electrons. The number of likely N-dealkylation sites (tertiary alicyclic amines) is 1. The van der Waals surface area contributed by atoms with Gasteiger partial charge in [-0.15, -0.1) is 12.4 Å². The summed E-state index contributed by atoms with van der Waals surface area (Å²) in [6, 6.07) is 6.27. The van der Waals surface area contributed by atoms with E-state index in [1.165, 1.54) is 6.42 Å². The topological polar surface area (TPSA) is 70.3 Å². The van der Waals surface area contributed by atoms with E-state index in [4.69, 9.17) is 38.3 Å². The number of halogens is 3. The standard InChI is InChI=1S/C25H32Cl2N6O.ClH/c1-15-13-31(10-8-22(15)32-9-4-5-19(32)14-34)23-12-28-24-16(2)30-33(25(24)29-23)17(3)20-7-6-18(26)11-21(20)27;/h6-7,11-12,15,17,19,22,34H,4-5,8-10,13-14H2,1-3H3;1H/t15-,17?,19+,22+;/m1./s1. The van der Waals surface area contributed by atoms with Gasteiger partial charge in [-0.25, -0.2) is 14.6 Å². The molecule has 0 spiro atoms. The van der Waals surface area contributed by atoms with Crippen molar-refractivity contribution >= 4 is 52.6 Å². The van der Waals surface area contributed by atoms with Crippen molar-refractivity contribution in [2.75, 3.05) is 31.1 Å². The van der Waals surface area contributed by atoms with Crippen LogP contribution in [0, 0.1) is 12.8 Å². The number of benzene rings is 1.